The fraction of sp³-hybridized carbons (Fsp3) is 0.200. The van der Waals surface area contributed by atoms with Crippen LogP contribution in [0.15, 0.2) is 27.4 Å². The van der Waals surface area contributed by atoms with Gasteiger partial charge in [0, 0.05) is 17.5 Å². The molecule has 0 atom stereocenters. The smallest absolute Gasteiger partial charge is 0.407 e. The van der Waals surface area contributed by atoms with E-state index in [1.54, 1.807) is 19.1 Å². The topological polar surface area (TPSA) is 52.2 Å². The molecule has 4 nitrogen and oxygen atoms in total. The summed E-state index contributed by atoms with van der Waals surface area (Å²) < 4.78 is 5.92. The summed E-state index contributed by atoms with van der Waals surface area (Å²) in [7, 11) is 0. The number of hydrogen-bond acceptors (Lipinski definition) is 3. The maximum absolute atomic E-state index is 11.5. The number of aromatic nitrogens is 1. The maximum Gasteiger partial charge on any atom is 0.426 e. The zero-order valence-electron chi connectivity index (χ0n) is 7.99. The van der Waals surface area contributed by atoms with Crippen LogP contribution in [0.3, 0.4) is 0 Å². The molecular weight excluding hydrogens is 218 g/mol. The zero-order valence-corrected chi connectivity index (χ0v) is 8.75. The van der Waals surface area contributed by atoms with E-state index in [4.69, 9.17) is 16.0 Å². The van der Waals surface area contributed by atoms with E-state index in [0.717, 1.165) is 4.57 Å². The van der Waals surface area contributed by atoms with Gasteiger partial charge in [0.25, 0.3) is 0 Å². The third kappa shape index (κ3) is 1.57. The fourth-order valence-electron chi connectivity index (χ4n) is 1.39. The Morgan fingerprint density at radius 1 is 1.53 bits per heavy atom. The molecular formula is C10H8ClNO3. The summed E-state index contributed by atoms with van der Waals surface area (Å²) in [5, 5.41) is 0.465. The van der Waals surface area contributed by atoms with E-state index in [1.165, 1.54) is 6.07 Å². The fourth-order valence-corrected chi connectivity index (χ4v) is 1.55. The van der Waals surface area contributed by atoms with Crippen LogP contribution >= 0.6 is 11.6 Å². The molecule has 0 unspecified atom stereocenters. The molecule has 0 aliphatic rings. The number of rotatable bonds is 1. The van der Waals surface area contributed by atoms with Crippen molar-refractivity contribution < 1.29 is 9.21 Å². The highest BCUT2D eigenvalue weighted by molar-refractivity contribution is 6.31. The van der Waals surface area contributed by atoms with Gasteiger partial charge in [-0.3, -0.25) is 4.79 Å². The molecule has 15 heavy (non-hydrogen) atoms. The number of halogens is 1. The number of hydrogen-bond donors (Lipinski definition) is 0. The van der Waals surface area contributed by atoms with Gasteiger partial charge in [0.05, 0.1) is 5.52 Å². The van der Waals surface area contributed by atoms with Crippen molar-refractivity contribution in [1.29, 1.82) is 0 Å². The highest BCUT2D eigenvalue weighted by Gasteiger charge is 2.14. The van der Waals surface area contributed by atoms with Crippen LogP contribution in [0.5, 0.6) is 0 Å². The highest BCUT2D eigenvalue weighted by atomic mass is 35.5. The van der Waals surface area contributed by atoms with Crippen molar-refractivity contribution in [1.82, 2.24) is 4.57 Å². The van der Waals surface area contributed by atoms with Crippen LogP contribution in [0, 0.1) is 0 Å². The van der Waals surface area contributed by atoms with Crippen molar-refractivity contribution in [3.8, 4) is 0 Å². The Labute approximate surface area is 90.1 Å². The van der Waals surface area contributed by atoms with E-state index in [-0.39, 0.29) is 12.3 Å². The first-order valence-electron chi connectivity index (χ1n) is 4.47. The van der Waals surface area contributed by atoms with Gasteiger partial charge in [-0.15, -0.1) is 0 Å². The molecule has 1 heterocycles. The lowest BCUT2D eigenvalue weighted by Crippen LogP contribution is -2.21. The van der Waals surface area contributed by atoms with Crippen LogP contribution in [0.25, 0.3) is 11.1 Å². The Morgan fingerprint density at radius 3 is 2.93 bits per heavy atom. The van der Waals surface area contributed by atoms with Crippen LogP contribution in [0.1, 0.15) is 18.1 Å². The third-order valence-electron chi connectivity index (χ3n) is 2.09. The SMILES string of the molecule is CCC(=O)n1c(=O)oc2cc(Cl)ccc21. The largest absolute Gasteiger partial charge is 0.426 e. The maximum atomic E-state index is 11.5. The number of fused-ring (bicyclic) bond motifs is 1. The molecule has 0 spiro atoms. The summed E-state index contributed by atoms with van der Waals surface area (Å²) in [5.41, 5.74) is 0.783. The van der Waals surface area contributed by atoms with E-state index in [9.17, 15) is 9.59 Å². The first-order valence-corrected chi connectivity index (χ1v) is 4.85. The second kappa shape index (κ2) is 3.55. The molecule has 0 bridgehead atoms. The van der Waals surface area contributed by atoms with Crippen molar-refractivity contribution >= 4 is 28.6 Å². The van der Waals surface area contributed by atoms with Gasteiger partial charge in [-0.05, 0) is 12.1 Å². The predicted molar refractivity (Wildman–Crippen MR) is 56.4 cm³/mol. The van der Waals surface area contributed by atoms with Crippen molar-refractivity contribution in [3.63, 3.8) is 0 Å². The molecule has 0 aliphatic carbocycles. The summed E-state index contributed by atoms with van der Waals surface area (Å²) >= 11 is 5.74. The van der Waals surface area contributed by atoms with Crippen LogP contribution in [0.4, 0.5) is 0 Å². The first kappa shape index (κ1) is 9.98. The second-order valence-electron chi connectivity index (χ2n) is 3.06. The molecule has 5 heteroatoms. The minimum absolute atomic E-state index is 0.247. The van der Waals surface area contributed by atoms with Crippen molar-refractivity contribution in [2.24, 2.45) is 0 Å². The lowest BCUT2D eigenvalue weighted by atomic mass is 10.3. The molecule has 0 radical (unpaired) electrons. The molecule has 0 amide bonds. The Morgan fingerprint density at radius 2 is 2.27 bits per heavy atom. The standard InChI is InChI=1S/C10H8ClNO3/c1-2-9(13)12-7-4-3-6(11)5-8(7)15-10(12)14/h3-5H,2H2,1H3. The molecule has 1 aromatic heterocycles. The van der Waals surface area contributed by atoms with Gasteiger partial charge in [0.2, 0.25) is 5.91 Å². The molecule has 0 fully saturated rings. The van der Waals surface area contributed by atoms with Crippen molar-refractivity contribution in [3.05, 3.63) is 33.8 Å². The summed E-state index contributed by atoms with van der Waals surface area (Å²) in [4.78, 5) is 22.8. The zero-order chi connectivity index (χ0) is 11.0. The number of nitrogens with zero attached hydrogens (tertiary/aromatic N) is 1. The molecule has 78 valence electrons. The average Bonchev–Trinajstić information content (AvgIpc) is 2.52. The van der Waals surface area contributed by atoms with Crippen LogP contribution < -0.4 is 5.76 Å². The number of carbonyl (C=O) groups excluding carboxylic acids is 1. The van der Waals surface area contributed by atoms with Crippen molar-refractivity contribution in [2.75, 3.05) is 0 Å². The Balaban J connectivity index is 2.80. The van der Waals surface area contributed by atoms with Crippen LogP contribution in [-0.4, -0.2) is 10.5 Å². The second-order valence-corrected chi connectivity index (χ2v) is 3.50. The Hall–Kier alpha value is -1.55. The Kier molecular flexibility index (Phi) is 2.36. The van der Waals surface area contributed by atoms with E-state index >= 15 is 0 Å². The average molecular weight is 226 g/mol. The third-order valence-corrected chi connectivity index (χ3v) is 2.33. The van der Waals surface area contributed by atoms with Gasteiger partial charge >= 0.3 is 5.76 Å². The summed E-state index contributed by atoms with van der Waals surface area (Å²) in [6.45, 7) is 1.68. The normalized spacial score (nSPS) is 10.8. The van der Waals surface area contributed by atoms with Gasteiger partial charge in [-0.25, -0.2) is 9.36 Å². The van der Waals surface area contributed by atoms with Gasteiger partial charge in [-0.2, -0.15) is 0 Å². The molecule has 1 aromatic carbocycles. The first-order chi connectivity index (χ1) is 7.13. The minimum Gasteiger partial charge on any atom is -0.407 e. The highest BCUT2D eigenvalue weighted by Crippen LogP contribution is 2.18. The quantitative estimate of drug-likeness (QED) is 0.748. The summed E-state index contributed by atoms with van der Waals surface area (Å²) in [6, 6.07) is 4.71. The van der Waals surface area contributed by atoms with Gasteiger partial charge < -0.3 is 4.42 Å². The monoisotopic (exact) mass is 225 g/mol. The Bertz CT molecular complexity index is 582. The summed E-state index contributed by atoms with van der Waals surface area (Å²) in [5.74, 6) is -0.958. The lowest BCUT2D eigenvalue weighted by molar-refractivity contribution is 0.0905. The van der Waals surface area contributed by atoms with Gasteiger partial charge in [0.15, 0.2) is 5.58 Å². The molecule has 2 aromatic rings. The van der Waals surface area contributed by atoms with Gasteiger partial charge in [0.1, 0.15) is 0 Å². The summed E-state index contributed by atoms with van der Waals surface area (Å²) in [6.07, 6.45) is 0.247. The van der Waals surface area contributed by atoms with E-state index < -0.39 is 5.76 Å². The molecule has 2 rings (SSSR count). The van der Waals surface area contributed by atoms with E-state index in [1.807, 2.05) is 0 Å². The van der Waals surface area contributed by atoms with Crippen molar-refractivity contribution in [2.45, 2.75) is 13.3 Å². The van der Waals surface area contributed by atoms with Gasteiger partial charge in [-0.1, -0.05) is 18.5 Å². The van der Waals surface area contributed by atoms with Crippen LogP contribution in [-0.2, 0) is 0 Å². The van der Waals surface area contributed by atoms with E-state index in [0.29, 0.717) is 16.1 Å². The lowest BCUT2D eigenvalue weighted by Gasteiger charge is -1.96. The number of carbonyl (C=O) groups is 1. The molecule has 0 N–H and O–H groups in total. The number of oxazole rings is 1. The van der Waals surface area contributed by atoms with E-state index in [2.05, 4.69) is 0 Å². The molecule has 0 saturated heterocycles. The van der Waals surface area contributed by atoms with Crippen LogP contribution in [0.2, 0.25) is 5.02 Å². The predicted octanol–water partition coefficient (Wildman–Crippen LogP) is 2.30. The minimum atomic E-state index is -0.667. The molecule has 0 aliphatic heterocycles. The molecule has 0 saturated carbocycles. The number of benzene rings is 1.